The van der Waals surface area contributed by atoms with E-state index in [4.69, 9.17) is 9.97 Å². The molecule has 1 aliphatic carbocycles. The monoisotopic (exact) mass is 627 g/mol. The van der Waals surface area contributed by atoms with Gasteiger partial charge in [0.1, 0.15) is 0 Å². The molecule has 2 aromatic heterocycles. The number of benzene rings is 5. The van der Waals surface area contributed by atoms with Gasteiger partial charge in [-0.15, -0.1) is 0 Å². The van der Waals surface area contributed by atoms with Crippen LogP contribution in [0.3, 0.4) is 0 Å². The van der Waals surface area contributed by atoms with Crippen molar-refractivity contribution in [2.75, 3.05) is 0 Å². The van der Waals surface area contributed by atoms with Gasteiger partial charge in [0.2, 0.25) is 0 Å². The first-order valence-corrected chi connectivity index (χ1v) is 16.5. The number of hydrogen-bond acceptors (Lipinski definition) is 3. The van der Waals surface area contributed by atoms with Crippen LogP contribution >= 0.6 is 0 Å². The maximum absolute atomic E-state index is 5.04. The normalized spacial score (nSPS) is 15.3. The van der Waals surface area contributed by atoms with Gasteiger partial charge in [0.05, 0.1) is 16.8 Å². The Labute approximate surface area is 287 Å². The Morgan fingerprint density at radius 3 is 1.78 bits per heavy atom. The lowest BCUT2D eigenvalue weighted by Gasteiger charge is -2.30. The lowest BCUT2D eigenvalue weighted by molar-refractivity contribution is 0.788. The van der Waals surface area contributed by atoms with Gasteiger partial charge in [-0.25, -0.2) is 9.97 Å². The van der Waals surface area contributed by atoms with Crippen LogP contribution in [0.25, 0.3) is 45.0 Å². The van der Waals surface area contributed by atoms with Crippen LogP contribution in [-0.2, 0) is 5.41 Å². The molecule has 0 saturated heterocycles. The third-order valence-corrected chi connectivity index (χ3v) is 9.24. The Balaban J connectivity index is 1.25. The number of pyridine rings is 1. The van der Waals surface area contributed by atoms with Crippen molar-refractivity contribution in [3.8, 4) is 33.9 Å². The number of allylic oxidation sites excluding steroid dienone is 5. The second-order valence-corrected chi connectivity index (χ2v) is 12.1. The molecular formula is C46H33N3. The van der Waals surface area contributed by atoms with Crippen LogP contribution in [0.2, 0.25) is 0 Å². The van der Waals surface area contributed by atoms with E-state index in [-0.39, 0.29) is 0 Å². The molecule has 1 aliphatic rings. The average Bonchev–Trinajstić information content (AvgIpc) is 3.54. The first-order valence-electron chi connectivity index (χ1n) is 16.5. The summed E-state index contributed by atoms with van der Waals surface area (Å²) in [6.45, 7) is 4.11. The molecule has 232 valence electrons. The Morgan fingerprint density at radius 1 is 0.571 bits per heavy atom. The maximum Gasteiger partial charge on any atom is 0.160 e. The molecule has 0 spiro atoms. The van der Waals surface area contributed by atoms with E-state index in [2.05, 4.69) is 139 Å². The molecule has 49 heavy (non-hydrogen) atoms. The fourth-order valence-electron chi connectivity index (χ4n) is 6.95. The average molecular weight is 628 g/mol. The highest BCUT2D eigenvalue weighted by Gasteiger charge is 2.42. The molecule has 3 nitrogen and oxygen atoms in total. The van der Waals surface area contributed by atoms with Gasteiger partial charge in [-0.2, -0.15) is 0 Å². The van der Waals surface area contributed by atoms with Crippen molar-refractivity contribution in [2.45, 2.75) is 5.41 Å². The van der Waals surface area contributed by atoms with Crippen molar-refractivity contribution in [1.82, 2.24) is 15.0 Å². The van der Waals surface area contributed by atoms with Crippen molar-refractivity contribution in [3.05, 3.63) is 223 Å². The van der Waals surface area contributed by atoms with Crippen LogP contribution in [0.4, 0.5) is 0 Å². The molecule has 2 heterocycles. The van der Waals surface area contributed by atoms with Gasteiger partial charge in [0.15, 0.2) is 5.82 Å². The van der Waals surface area contributed by atoms with Gasteiger partial charge in [-0.3, -0.25) is 4.98 Å². The van der Waals surface area contributed by atoms with Crippen LogP contribution in [0.15, 0.2) is 195 Å². The molecule has 0 radical (unpaired) electrons. The Hall–Kier alpha value is -6.45. The van der Waals surface area contributed by atoms with E-state index in [1.807, 2.05) is 60.9 Å². The molecule has 1 atom stereocenters. The minimum absolute atomic E-state index is 0.499. The summed E-state index contributed by atoms with van der Waals surface area (Å²) in [5.41, 5.74) is 12.4. The Kier molecular flexibility index (Phi) is 7.93. The van der Waals surface area contributed by atoms with Crippen molar-refractivity contribution in [3.63, 3.8) is 0 Å². The summed E-state index contributed by atoms with van der Waals surface area (Å²) in [6, 6.07) is 54.8. The van der Waals surface area contributed by atoms with Crippen molar-refractivity contribution in [2.24, 2.45) is 0 Å². The number of fused-ring (bicyclic) bond motifs is 1. The molecule has 5 aromatic carbocycles. The molecule has 7 aromatic rings. The second-order valence-electron chi connectivity index (χ2n) is 12.1. The summed E-state index contributed by atoms with van der Waals surface area (Å²) in [5, 5.41) is 0. The largest absolute Gasteiger partial charge is 0.264 e. The van der Waals surface area contributed by atoms with Crippen LogP contribution < -0.4 is 0 Å². The maximum atomic E-state index is 5.04. The summed E-state index contributed by atoms with van der Waals surface area (Å²) < 4.78 is 0. The van der Waals surface area contributed by atoms with Gasteiger partial charge in [-0.05, 0) is 51.1 Å². The minimum Gasteiger partial charge on any atom is -0.264 e. The highest BCUT2D eigenvalue weighted by molar-refractivity contribution is 6.09. The minimum atomic E-state index is -0.499. The molecular weight excluding hydrogens is 595 g/mol. The van der Waals surface area contributed by atoms with Crippen molar-refractivity contribution in [1.29, 1.82) is 0 Å². The van der Waals surface area contributed by atoms with Crippen molar-refractivity contribution >= 4 is 11.1 Å². The predicted octanol–water partition coefficient (Wildman–Crippen LogP) is 10.9. The van der Waals surface area contributed by atoms with E-state index in [0.717, 1.165) is 50.4 Å². The lowest BCUT2D eigenvalue weighted by atomic mass is 9.71. The van der Waals surface area contributed by atoms with E-state index in [9.17, 15) is 0 Å². The zero-order valence-electron chi connectivity index (χ0n) is 26.9. The molecule has 1 unspecified atom stereocenters. The zero-order valence-corrected chi connectivity index (χ0v) is 26.9. The molecule has 8 rings (SSSR count). The van der Waals surface area contributed by atoms with Gasteiger partial charge in [0, 0.05) is 29.1 Å². The summed E-state index contributed by atoms with van der Waals surface area (Å²) in [7, 11) is 0. The van der Waals surface area contributed by atoms with E-state index >= 15 is 0 Å². The van der Waals surface area contributed by atoms with Gasteiger partial charge >= 0.3 is 0 Å². The summed E-state index contributed by atoms with van der Waals surface area (Å²) in [5.74, 6) is 0.686. The molecule has 0 fully saturated rings. The predicted molar refractivity (Wildman–Crippen MR) is 201 cm³/mol. The third-order valence-electron chi connectivity index (χ3n) is 9.24. The second kappa shape index (κ2) is 13.0. The highest BCUT2D eigenvalue weighted by atomic mass is 14.9. The Morgan fingerprint density at radius 2 is 1.16 bits per heavy atom. The molecule has 0 aliphatic heterocycles. The first kappa shape index (κ1) is 29.9. The molecule has 0 bridgehead atoms. The molecule has 3 heteroatoms. The molecule has 0 N–H and O–H groups in total. The molecule has 0 saturated carbocycles. The zero-order chi connectivity index (χ0) is 33.0. The third kappa shape index (κ3) is 5.52. The van der Waals surface area contributed by atoms with Crippen LogP contribution in [0.1, 0.15) is 27.8 Å². The number of hydrogen-bond donors (Lipinski definition) is 0. The summed E-state index contributed by atoms with van der Waals surface area (Å²) in [4.78, 5) is 14.6. The quantitative estimate of drug-likeness (QED) is 0.157. The van der Waals surface area contributed by atoms with Crippen LogP contribution in [0.5, 0.6) is 0 Å². The topological polar surface area (TPSA) is 38.7 Å². The standard InChI is InChI=1S/C46H33N3/c1-2-15-39(41-31-46(37-20-10-5-11-21-37,38-22-14-29-47-32-38)42-24-13-12-23-40(41)42)33-25-27-36(28-26-33)45-48-43(34-16-6-3-7-17-34)30-44(49-45)35-18-8-4-9-19-35/h2-32H,1H2/b39-15-. The Bertz CT molecular complexity index is 2210. The SMILES string of the molecule is C=C/C=C(\C1=CC(c2ccccc2)(c2cccnc2)c2ccccc21)c1ccc(-c2nc(-c3ccccc3)cc(-c3ccccc3)n2)cc1. The van der Waals surface area contributed by atoms with E-state index in [0.29, 0.717) is 5.82 Å². The van der Waals surface area contributed by atoms with E-state index in [1.54, 1.807) is 0 Å². The van der Waals surface area contributed by atoms with Crippen LogP contribution in [-0.4, -0.2) is 15.0 Å². The first-order chi connectivity index (χ1) is 24.2. The van der Waals surface area contributed by atoms with E-state index < -0.39 is 5.41 Å². The molecule has 0 amide bonds. The van der Waals surface area contributed by atoms with Crippen LogP contribution in [0, 0.1) is 0 Å². The summed E-state index contributed by atoms with van der Waals surface area (Å²) in [6.07, 6.45) is 10.2. The fourth-order valence-corrected chi connectivity index (χ4v) is 6.95. The van der Waals surface area contributed by atoms with Gasteiger partial charge < -0.3 is 0 Å². The van der Waals surface area contributed by atoms with Gasteiger partial charge in [-0.1, -0.05) is 170 Å². The number of aromatic nitrogens is 3. The fraction of sp³-hybridized carbons (Fsp3) is 0.0217. The summed E-state index contributed by atoms with van der Waals surface area (Å²) >= 11 is 0. The van der Waals surface area contributed by atoms with Gasteiger partial charge in [0.25, 0.3) is 0 Å². The number of nitrogens with zero attached hydrogens (tertiary/aromatic N) is 3. The highest BCUT2D eigenvalue weighted by Crippen LogP contribution is 2.52. The smallest absolute Gasteiger partial charge is 0.160 e. The lowest BCUT2D eigenvalue weighted by Crippen LogP contribution is -2.25. The van der Waals surface area contributed by atoms with E-state index in [1.165, 1.54) is 16.7 Å². The number of rotatable bonds is 8. The van der Waals surface area contributed by atoms with Crippen molar-refractivity contribution < 1.29 is 0 Å².